The number of fused-ring (bicyclic) bond motifs is 1. The molecule has 2 saturated heterocycles. The van der Waals surface area contributed by atoms with E-state index in [2.05, 4.69) is 18.9 Å². The summed E-state index contributed by atoms with van der Waals surface area (Å²) in [6.45, 7) is 4.47. The van der Waals surface area contributed by atoms with Crippen molar-refractivity contribution in [3.8, 4) is 0 Å². The lowest BCUT2D eigenvalue weighted by Gasteiger charge is -2.51. The molecule has 3 rings (SSSR count). The normalized spacial score (nSPS) is 44.2. The molecule has 3 nitrogen and oxygen atoms in total. The smallest absolute Gasteiger partial charge is 0.0126 e. The molecular weight excluding hydrogens is 248 g/mol. The Morgan fingerprint density at radius 2 is 1.90 bits per heavy atom. The SMILES string of the molecule is C[C@H]1C[C@@H](CC2CCCCN2[O-])[C@@H]2CCCN(C)[C@H]2C1. The molecule has 0 N–H and O–H groups in total. The summed E-state index contributed by atoms with van der Waals surface area (Å²) in [5, 5.41) is 13.5. The molecule has 0 bridgehead atoms. The van der Waals surface area contributed by atoms with Crippen molar-refractivity contribution in [2.45, 2.75) is 70.4 Å². The van der Waals surface area contributed by atoms with Crippen LogP contribution in [0.5, 0.6) is 0 Å². The molecule has 0 aromatic carbocycles. The van der Waals surface area contributed by atoms with Gasteiger partial charge in [0.1, 0.15) is 0 Å². The fourth-order valence-electron chi connectivity index (χ4n) is 5.20. The molecule has 0 aromatic rings. The van der Waals surface area contributed by atoms with E-state index < -0.39 is 0 Å². The van der Waals surface area contributed by atoms with E-state index in [1.165, 1.54) is 50.1 Å². The molecule has 116 valence electrons. The molecule has 0 aromatic heterocycles. The maximum Gasteiger partial charge on any atom is 0.0126 e. The summed E-state index contributed by atoms with van der Waals surface area (Å²) in [6.07, 6.45) is 10.2. The van der Waals surface area contributed by atoms with Gasteiger partial charge in [-0.25, -0.2) is 0 Å². The first-order valence-corrected chi connectivity index (χ1v) is 8.79. The number of hydrogen-bond acceptors (Lipinski definition) is 3. The van der Waals surface area contributed by atoms with Crippen molar-refractivity contribution < 1.29 is 0 Å². The highest BCUT2D eigenvalue weighted by atomic mass is 16.5. The van der Waals surface area contributed by atoms with Crippen LogP contribution in [0.1, 0.15) is 58.3 Å². The van der Waals surface area contributed by atoms with E-state index in [-0.39, 0.29) is 0 Å². The maximum atomic E-state index is 12.1. The van der Waals surface area contributed by atoms with Crippen LogP contribution in [-0.4, -0.2) is 42.2 Å². The Labute approximate surface area is 124 Å². The van der Waals surface area contributed by atoms with Crippen molar-refractivity contribution in [2.24, 2.45) is 17.8 Å². The van der Waals surface area contributed by atoms with Crippen LogP contribution in [-0.2, 0) is 0 Å². The van der Waals surface area contributed by atoms with Crippen LogP contribution < -0.4 is 0 Å². The van der Waals surface area contributed by atoms with Crippen LogP contribution in [0.4, 0.5) is 0 Å². The molecule has 2 aliphatic heterocycles. The predicted molar refractivity (Wildman–Crippen MR) is 83.4 cm³/mol. The molecule has 3 aliphatic rings. The maximum absolute atomic E-state index is 12.1. The van der Waals surface area contributed by atoms with Crippen molar-refractivity contribution in [2.75, 3.05) is 20.1 Å². The third kappa shape index (κ3) is 3.05. The molecule has 1 aliphatic carbocycles. The lowest BCUT2D eigenvalue weighted by atomic mass is 9.66. The van der Waals surface area contributed by atoms with Crippen molar-refractivity contribution in [3.05, 3.63) is 5.21 Å². The standard InChI is InChI=1S/C17H31N2O/c1-13-10-14(12-15-6-3-4-9-19(15)20)16-7-5-8-18(2)17(16)11-13/h13-17H,3-12H2,1-2H3/q-1/t13-,14-,15?,16-,17-/m0/s1. The van der Waals surface area contributed by atoms with Gasteiger partial charge in [-0.05, 0) is 88.9 Å². The first-order chi connectivity index (χ1) is 9.65. The lowest BCUT2D eigenvalue weighted by molar-refractivity contribution is 0.00774. The molecule has 20 heavy (non-hydrogen) atoms. The summed E-state index contributed by atoms with van der Waals surface area (Å²) in [6, 6.07) is 1.12. The average molecular weight is 279 g/mol. The summed E-state index contributed by atoms with van der Waals surface area (Å²) in [5.41, 5.74) is 0. The number of likely N-dealkylation sites (tertiary alicyclic amines) is 1. The number of hydroxylamine groups is 2. The number of nitrogens with zero attached hydrogens (tertiary/aromatic N) is 2. The summed E-state index contributed by atoms with van der Waals surface area (Å²) >= 11 is 0. The first-order valence-electron chi connectivity index (χ1n) is 8.79. The van der Waals surface area contributed by atoms with Gasteiger partial charge in [-0.3, -0.25) is 0 Å². The predicted octanol–water partition coefficient (Wildman–Crippen LogP) is 3.49. The van der Waals surface area contributed by atoms with Gasteiger partial charge in [-0.1, -0.05) is 13.3 Å². The zero-order valence-electron chi connectivity index (χ0n) is 13.3. The van der Waals surface area contributed by atoms with Crippen LogP contribution in [0, 0.1) is 23.0 Å². The lowest BCUT2D eigenvalue weighted by Crippen LogP contribution is -2.50. The molecule has 2 heterocycles. The summed E-state index contributed by atoms with van der Waals surface area (Å²) in [7, 11) is 2.31. The topological polar surface area (TPSA) is 29.5 Å². The molecule has 1 unspecified atom stereocenters. The largest absolute Gasteiger partial charge is 0.785 e. The van der Waals surface area contributed by atoms with Gasteiger partial charge in [-0.2, -0.15) is 0 Å². The zero-order valence-corrected chi connectivity index (χ0v) is 13.3. The Morgan fingerprint density at radius 3 is 2.70 bits per heavy atom. The quantitative estimate of drug-likeness (QED) is 0.775. The fraction of sp³-hybridized carbons (Fsp3) is 1.00. The van der Waals surface area contributed by atoms with Crippen molar-refractivity contribution in [1.82, 2.24) is 9.96 Å². The van der Waals surface area contributed by atoms with Gasteiger partial charge < -0.3 is 15.2 Å². The molecule has 5 atom stereocenters. The van der Waals surface area contributed by atoms with Gasteiger partial charge in [0.25, 0.3) is 0 Å². The minimum atomic E-state index is 0.326. The minimum absolute atomic E-state index is 0.326. The van der Waals surface area contributed by atoms with Crippen molar-refractivity contribution >= 4 is 0 Å². The minimum Gasteiger partial charge on any atom is -0.785 e. The van der Waals surface area contributed by atoms with Crippen LogP contribution in [0.2, 0.25) is 0 Å². The molecule has 3 fully saturated rings. The second-order valence-corrected chi connectivity index (χ2v) is 7.72. The summed E-state index contributed by atoms with van der Waals surface area (Å²) in [4.78, 5) is 2.60. The van der Waals surface area contributed by atoms with E-state index in [1.54, 1.807) is 0 Å². The zero-order chi connectivity index (χ0) is 14.1. The average Bonchev–Trinajstić information content (AvgIpc) is 2.42. The van der Waals surface area contributed by atoms with Gasteiger partial charge in [-0.15, -0.1) is 0 Å². The van der Waals surface area contributed by atoms with Crippen LogP contribution >= 0.6 is 0 Å². The van der Waals surface area contributed by atoms with E-state index in [0.717, 1.165) is 43.2 Å². The van der Waals surface area contributed by atoms with Crippen LogP contribution in [0.15, 0.2) is 0 Å². The van der Waals surface area contributed by atoms with Gasteiger partial charge >= 0.3 is 0 Å². The third-order valence-electron chi connectivity index (χ3n) is 6.21. The van der Waals surface area contributed by atoms with E-state index >= 15 is 0 Å². The molecule has 0 spiro atoms. The Hall–Kier alpha value is -0.120. The van der Waals surface area contributed by atoms with Gasteiger partial charge in [0.15, 0.2) is 0 Å². The van der Waals surface area contributed by atoms with E-state index in [4.69, 9.17) is 0 Å². The van der Waals surface area contributed by atoms with Crippen molar-refractivity contribution in [3.63, 3.8) is 0 Å². The highest BCUT2D eigenvalue weighted by Gasteiger charge is 2.40. The second-order valence-electron chi connectivity index (χ2n) is 7.72. The van der Waals surface area contributed by atoms with E-state index in [1.807, 2.05) is 0 Å². The molecule has 1 saturated carbocycles. The highest BCUT2D eigenvalue weighted by Crippen LogP contribution is 2.44. The first kappa shape index (κ1) is 14.8. The molecule has 0 amide bonds. The molecular formula is C17H31N2O-. The second kappa shape index (κ2) is 6.33. The Bertz CT molecular complexity index is 322. The fourth-order valence-corrected chi connectivity index (χ4v) is 5.20. The summed E-state index contributed by atoms with van der Waals surface area (Å²) < 4.78 is 0. The number of rotatable bonds is 2. The Kier molecular flexibility index (Phi) is 4.68. The van der Waals surface area contributed by atoms with Gasteiger partial charge in [0.05, 0.1) is 0 Å². The van der Waals surface area contributed by atoms with Crippen LogP contribution in [0.3, 0.4) is 0 Å². The Balaban J connectivity index is 1.67. The third-order valence-corrected chi connectivity index (χ3v) is 6.21. The van der Waals surface area contributed by atoms with Crippen LogP contribution in [0.25, 0.3) is 0 Å². The summed E-state index contributed by atoms with van der Waals surface area (Å²) in [5.74, 6) is 2.50. The molecule has 0 radical (unpaired) electrons. The molecule has 3 heteroatoms. The van der Waals surface area contributed by atoms with Crippen molar-refractivity contribution in [1.29, 1.82) is 0 Å². The number of hydrogen-bond donors (Lipinski definition) is 0. The number of piperidine rings is 2. The Morgan fingerprint density at radius 1 is 1.05 bits per heavy atom. The highest BCUT2D eigenvalue weighted by molar-refractivity contribution is 4.94. The monoisotopic (exact) mass is 279 g/mol. The van der Waals surface area contributed by atoms with Gasteiger partial charge in [0, 0.05) is 6.04 Å². The van der Waals surface area contributed by atoms with E-state index in [9.17, 15) is 5.21 Å². The van der Waals surface area contributed by atoms with Gasteiger partial charge in [0.2, 0.25) is 0 Å². The van der Waals surface area contributed by atoms with E-state index in [0.29, 0.717) is 6.04 Å².